The van der Waals surface area contributed by atoms with E-state index in [0.717, 1.165) is 13.0 Å². The molecule has 0 saturated heterocycles. The van der Waals surface area contributed by atoms with Crippen LogP contribution in [0.5, 0.6) is 0 Å². The minimum atomic E-state index is 0.0833. The Balaban J connectivity index is 2.54. The molecule has 0 saturated carbocycles. The van der Waals surface area contributed by atoms with Gasteiger partial charge in [0.25, 0.3) is 0 Å². The van der Waals surface area contributed by atoms with Crippen LogP contribution >= 0.6 is 0 Å². The quantitative estimate of drug-likeness (QED) is 0.501. The van der Waals surface area contributed by atoms with Gasteiger partial charge in [-0.05, 0) is 13.3 Å². The van der Waals surface area contributed by atoms with Crippen LogP contribution in [0.1, 0.15) is 20.3 Å². The lowest BCUT2D eigenvalue weighted by molar-refractivity contribution is 0.269. The van der Waals surface area contributed by atoms with Crippen molar-refractivity contribution in [1.82, 2.24) is 0 Å². The van der Waals surface area contributed by atoms with Gasteiger partial charge in [0.15, 0.2) is 6.40 Å². The van der Waals surface area contributed by atoms with Crippen LogP contribution in [0.25, 0.3) is 0 Å². The summed E-state index contributed by atoms with van der Waals surface area (Å²) in [5, 5.41) is 0. The lowest BCUT2D eigenvalue weighted by Crippen LogP contribution is -2.21. The largest absolute Gasteiger partial charge is 0.481 e. The van der Waals surface area contributed by atoms with E-state index >= 15 is 0 Å². The molecule has 1 rings (SSSR count). The number of ether oxygens (including phenoxy) is 1. The van der Waals surface area contributed by atoms with Crippen LogP contribution in [0, 0.1) is 0 Å². The molecule has 1 aliphatic rings. The normalized spacial score (nSPS) is 35.2. The summed E-state index contributed by atoms with van der Waals surface area (Å²) in [4.78, 5) is 4.14. The van der Waals surface area contributed by atoms with Gasteiger partial charge < -0.3 is 4.74 Å². The molecule has 0 spiro atoms. The molecule has 1 unspecified atom stereocenters. The molecule has 0 aromatic rings. The second-order valence-electron chi connectivity index (χ2n) is 2.40. The predicted octanol–water partition coefficient (Wildman–Crippen LogP) is 1.21. The van der Waals surface area contributed by atoms with Crippen molar-refractivity contribution in [2.45, 2.75) is 25.8 Å². The zero-order valence-electron chi connectivity index (χ0n) is 5.35. The fourth-order valence-corrected chi connectivity index (χ4v) is 0.612. The fraction of sp³-hybridized carbons (Fsp3) is 0.833. The average Bonchev–Trinajstić information content (AvgIpc) is 2.17. The molecule has 2 heteroatoms. The maximum Gasteiger partial charge on any atom is 0.170 e. The molecule has 8 heavy (non-hydrogen) atoms. The zero-order chi connectivity index (χ0) is 6.04. The van der Waals surface area contributed by atoms with Crippen molar-refractivity contribution in [2.24, 2.45) is 4.99 Å². The third kappa shape index (κ3) is 0.831. The van der Waals surface area contributed by atoms with E-state index in [2.05, 4.69) is 18.8 Å². The maximum absolute atomic E-state index is 4.96. The molecule has 1 aliphatic heterocycles. The lowest BCUT2D eigenvalue weighted by atomic mass is 10.0. The summed E-state index contributed by atoms with van der Waals surface area (Å²) in [7, 11) is 0. The Bertz CT molecular complexity index is 111. The Hall–Kier alpha value is -0.530. The molecule has 1 atom stereocenters. The second-order valence-corrected chi connectivity index (χ2v) is 2.40. The fourth-order valence-electron chi connectivity index (χ4n) is 0.612. The van der Waals surface area contributed by atoms with Crippen LogP contribution in [0.15, 0.2) is 4.99 Å². The molecule has 2 nitrogen and oxygen atoms in total. The van der Waals surface area contributed by atoms with Gasteiger partial charge in [0.1, 0.15) is 6.61 Å². The number of hydrogen-bond donors (Lipinski definition) is 0. The maximum atomic E-state index is 4.96. The van der Waals surface area contributed by atoms with Crippen molar-refractivity contribution in [1.29, 1.82) is 0 Å². The SMILES string of the molecule is CCC1(C)COC=N1. The second kappa shape index (κ2) is 1.77. The minimum Gasteiger partial charge on any atom is -0.481 e. The van der Waals surface area contributed by atoms with Crippen molar-refractivity contribution in [3.05, 3.63) is 0 Å². The molecule has 0 amide bonds. The summed E-state index contributed by atoms with van der Waals surface area (Å²) in [6.45, 7) is 4.96. The summed E-state index contributed by atoms with van der Waals surface area (Å²) in [6, 6.07) is 0. The van der Waals surface area contributed by atoms with Crippen molar-refractivity contribution >= 4 is 6.40 Å². The lowest BCUT2D eigenvalue weighted by Gasteiger charge is -2.13. The van der Waals surface area contributed by atoms with E-state index in [4.69, 9.17) is 4.74 Å². The smallest absolute Gasteiger partial charge is 0.170 e. The molecule has 0 bridgehead atoms. The zero-order valence-corrected chi connectivity index (χ0v) is 5.35. The molecule has 46 valence electrons. The first-order valence-electron chi connectivity index (χ1n) is 2.92. The van der Waals surface area contributed by atoms with E-state index < -0.39 is 0 Å². The summed E-state index contributed by atoms with van der Waals surface area (Å²) >= 11 is 0. The van der Waals surface area contributed by atoms with Crippen LogP contribution in [-0.4, -0.2) is 18.5 Å². The van der Waals surface area contributed by atoms with Crippen molar-refractivity contribution in [2.75, 3.05) is 6.61 Å². The predicted molar refractivity (Wildman–Crippen MR) is 33.1 cm³/mol. The van der Waals surface area contributed by atoms with Gasteiger partial charge in [0.2, 0.25) is 0 Å². The number of rotatable bonds is 1. The molecule has 0 aliphatic carbocycles. The highest BCUT2D eigenvalue weighted by Gasteiger charge is 2.24. The Morgan fingerprint density at radius 3 is 2.88 bits per heavy atom. The summed E-state index contributed by atoms with van der Waals surface area (Å²) in [5.41, 5.74) is 0.0833. The topological polar surface area (TPSA) is 21.6 Å². The van der Waals surface area contributed by atoms with Crippen molar-refractivity contribution in [3.63, 3.8) is 0 Å². The molecule has 0 aromatic carbocycles. The van der Waals surface area contributed by atoms with E-state index in [1.807, 2.05) is 0 Å². The molecular formula is C6H11NO. The van der Waals surface area contributed by atoms with Gasteiger partial charge in [-0.1, -0.05) is 6.92 Å². The number of nitrogens with zero attached hydrogens (tertiary/aromatic N) is 1. The Kier molecular flexibility index (Phi) is 1.24. The van der Waals surface area contributed by atoms with Gasteiger partial charge in [-0.2, -0.15) is 0 Å². The Morgan fingerprint density at radius 2 is 2.62 bits per heavy atom. The molecule has 1 heterocycles. The highest BCUT2D eigenvalue weighted by molar-refractivity contribution is 5.50. The first-order chi connectivity index (χ1) is 3.77. The van der Waals surface area contributed by atoms with E-state index in [1.54, 1.807) is 6.40 Å². The third-order valence-electron chi connectivity index (χ3n) is 1.59. The first kappa shape index (κ1) is 5.60. The minimum absolute atomic E-state index is 0.0833. The van der Waals surface area contributed by atoms with Gasteiger partial charge in [0, 0.05) is 0 Å². The molecule has 0 aromatic heterocycles. The van der Waals surface area contributed by atoms with Crippen LogP contribution in [-0.2, 0) is 4.74 Å². The van der Waals surface area contributed by atoms with Gasteiger partial charge in [-0.3, -0.25) is 0 Å². The monoisotopic (exact) mass is 113 g/mol. The molecule has 0 N–H and O–H groups in total. The van der Waals surface area contributed by atoms with Crippen LogP contribution in [0.3, 0.4) is 0 Å². The Morgan fingerprint density at radius 1 is 1.88 bits per heavy atom. The number of hydrogen-bond acceptors (Lipinski definition) is 2. The number of aliphatic imine (C=N–C) groups is 1. The van der Waals surface area contributed by atoms with E-state index in [9.17, 15) is 0 Å². The highest BCUT2D eigenvalue weighted by atomic mass is 16.5. The van der Waals surface area contributed by atoms with Gasteiger partial charge in [-0.15, -0.1) is 0 Å². The standard InChI is InChI=1S/C6H11NO/c1-3-6(2)4-8-5-7-6/h5H,3-4H2,1-2H3. The molecule has 0 fully saturated rings. The van der Waals surface area contributed by atoms with E-state index in [1.165, 1.54) is 0 Å². The van der Waals surface area contributed by atoms with E-state index in [0.29, 0.717) is 0 Å². The molecule has 0 radical (unpaired) electrons. The third-order valence-corrected chi connectivity index (χ3v) is 1.59. The average molecular weight is 113 g/mol. The van der Waals surface area contributed by atoms with Crippen LogP contribution in [0.2, 0.25) is 0 Å². The first-order valence-corrected chi connectivity index (χ1v) is 2.92. The molecular weight excluding hydrogens is 102 g/mol. The summed E-state index contributed by atoms with van der Waals surface area (Å²) in [5.74, 6) is 0. The van der Waals surface area contributed by atoms with E-state index in [-0.39, 0.29) is 5.54 Å². The van der Waals surface area contributed by atoms with Gasteiger partial charge in [0.05, 0.1) is 5.54 Å². The van der Waals surface area contributed by atoms with Crippen LogP contribution in [0.4, 0.5) is 0 Å². The van der Waals surface area contributed by atoms with Crippen molar-refractivity contribution < 1.29 is 4.74 Å². The van der Waals surface area contributed by atoms with Gasteiger partial charge >= 0.3 is 0 Å². The highest BCUT2D eigenvalue weighted by Crippen LogP contribution is 2.18. The van der Waals surface area contributed by atoms with Gasteiger partial charge in [-0.25, -0.2) is 4.99 Å². The van der Waals surface area contributed by atoms with Crippen LogP contribution < -0.4 is 0 Å². The summed E-state index contributed by atoms with van der Waals surface area (Å²) in [6.07, 6.45) is 2.60. The Labute approximate surface area is 49.6 Å². The summed E-state index contributed by atoms with van der Waals surface area (Å²) < 4.78 is 4.96. The van der Waals surface area contributed by atoms with Crippen molar-refractivity contribution in [3.8, 4) is 0 Å².